The number of nitrogens with zero attached hydrogens (tertiary/aromatic N) is 3. The zero-order valence-corrected chi connectivity index (χ0v) is 12.2. The highest BCUT2D eigenvalue weighted by atomic mass is 16.6. The molecule has 0 radical (unpaired) electrons. The molecule has 0 unspecified atom stereocenters. The maximum atomic E-state index is 11.0. The topological polar surface area (TPSA) is 82.2 Å². The van der Waals surface area contributed by atoms with Crippen molar-refractivity contribution in [1.29, 1.82) is 0 Å². The third-order valence-electron chi connectivity index (χ3n) is 3.06. The maximum Gasteiger partial charge on any atom is 0.312 e. The van der Waals surface area contributed by atoms with Crippen LogP contribution in [-0.2, 0) is 6.54 Å². The van der Waals surface area contributed by atoms with Crippen LogP contribution in [0.25, 0.3) is 0 Å². The number of aromatic nitrogens is 2. The Morgan fingerprint density at radius 3 is 2.81 bits per heavy atom. The largest absolute Gasteiger partial charge is 0.490 e. The fourth-order valence-electron chi connectivity index (χ4n) is 1.90. The smallest absolute Gasteiger partial charge is 0.312 e. The second-order valence-corrected chi connectivity index (χ2v) is 4.92. The van der Waals surface area contributed by atoms with E-state index in [1.807, 2.05) is 10.9 Å². The molecule has 7 nitrogen and oxygen atoms in total. The Labute approximate surface area is 122 Å². The third kappa shape index (κ3) is 3.50. The highest BCUT2D eigenvalue weighted by molar-refractivity contribution is 5.58. The summed E-state index contributed by atoms with van der Waals surface area (Å²) in [7, 11) is 1.41. The monoisotopic (exact) mass is 290 g/mol. The second kappa shape index (κ2) is 6.25. The van der Waals surface area contributed by atoms with Gasteiger partial charge in [0.15, 0.2) is 5.75 Å². The highest BCUT2D eigenvalue weighted by Gasteiger charge is 2.15. The van der Waals surface area contributed by atoms with Gasteiger partial charge in [0, 0.05) is 36.1 Å². The van der Waals surface area contributed by atoms with Crippen LogP contribution < -0.4 is 10.1 Å². The van der Waals surface area contributed by atoms with Gasteiger partial charge in [-0.25, -0.2) is 0 Å². The van der Waals surface area contributed by atoms with Crippen LogP contribution in [0.1, 0.15) is 25.5 Å². The number of nitrogens with one attached hydrogen (secondary N) is 1. The van der Waals surface area contributed by atoms with Gasteiger partial charge in [-0.3, -0.25) is 14.8 Å². The summed E-state index contributed by atoms with van der Waals surface area (Å²) < 4.78 is 6.84. The van der Waals surface area contributed by atoms with E-state index in [2.05, 4.69) is 24.3 Å². The van der Waals surface area contributed by atoms with E-state index in [1.165, 1.54) is 13.2 Å². The zero-order chi connectivity index (χ0) is 15.4. The molecule has 2 rings (SSSR count). The predicted molar refractivity (Wildman–Crippen MR) is 79.6 cm³/mol. The number of methoxy groups -OCH3 is 1. The quantitative estimate of drug-likeness (QED) is 0.653. The van der Waals surface area contributed by atoms with Crippen LogP contribution in [0.5, 0.6) is 5.75 Å². The average molecular weight is 290 g/mol. The molecule has 1 N–H and O–H groups in total. The molecule has 1 heterocycles. The SMILES string of the molecule is COc1ccc(NCc2cnn(C(C)C)c2)cc1[N+](=O)[O-]. The molecule has 112 valence electrons. The van der Waals surface area contributed by atoms with Gasteiger partial charge in [0.05, 0.1) is 18.2 Å². The first-order valence-corrected chi connectivity index (χ1v) is 6.60. The molecule has 0 bridgehead atoms. The number of hydrogen-bond acceptors (Lipinski definition) is 5. The van der Waals surface area contributed by atoms with Crippen LogP contribution in [0.15, 0.2) is 30.6 Å². The van der Waals surface area contributed by atoms with E-state index in [0.29, 0.717) is 18.3 Å². The molecule has 1 aromatic heterocycles. The molecule has 0 saturated heterocycles. The highest BCUT2D eigenvalue weighted by Crippen LogP contribution is 2.29. The lowest BCUT2D eigenvalue weighted by atomic mass is 10.2. The van der Waals surface area contributed by atoms with Crippen molar-refractivity contribution < 1.29 is 9.66 Å². The average Bonchev–Trinajstić information content (AvgIpc) is 2.94. The standard InChI is InChI=1S/C14H18N4O3/c1-10(2)17-9-11(8-16-17)7-15-12-4-5-14(21-3)13(6-12)18(19)20/h4-6,8-10,15H,7H2,1-3H3. The number of ether oxygens (including phenoxy) is 1. The molecular weight excluding hydrogens is 272 g/mol. The van der Waals surface area contributed by atoms with Gasteiger partial charge in [0.1, 0.15) is 0 Å². The lowest BCUT2D eigenvalue weighted by molar-refractivity contribution is -0.385. The van der Waals surface area contributed by atoms with Gasteiger partial charge in [-0.1, -0.05) is 0 Å². The molecule has 0 amide bonds. The summed E-state index contributed by atoms with van der Waals surface area (Å²) in [5.74, 6) is 0.248. The molecule has 7 heteroatoms. The van der Waals surface area contributed by atoms with Gasteiger partial charge in [-0.05, 0) is 26.0 Å². The first kappa shape index (κ1) is 14.8. The van der Waals surface area contributed by atoms with Gasteiger partial charge in [-0.2, -0.15) is 5.10 Å². The maximum absolute atomic E-state index is 11.0. The van der Waals surface area contributed by atoms with Crippen LogP contribution in [0.2, 0.25) is 0 Å². The molecule has 0 fully saturated rings. The third-order valence-corrected chi connectivity index (χ3v) is 3.06. The van der Waals surface area contributed by atoms with Crippen LogP contribution in [0, 0.1) is 10.1 Å². The number of nitro groups is 1. The molecule has 1 aromatic carbocycles. The number of rotatable bonds is 6. The van der Waals surface area contributed by atoms with E-state index in [1.54, 1.807) is 18.3 Å². The summed E-state index contributed by atoms with van der Waals surface area (Å²) in [4.78, 5) is 10.5. The van der Waals surface area contributed by atoms with Crippen molar-refractivity contribution in [2.45, 2.75) is 26.4 Å². The first-order chi connectivity index (χ1) is 10.0. The molecule has 0 atom stereocenters. The Morgan fingerprint density at radius 2 is 2.24 bits per heavy atom. The van der Waals surface area contributed by atoms with Gasteiger partial charge in [-0.15, -0.1) is 0 Å². The molecule has 0 spiro atoms. The van der Waals surface area contributed by atoms with Gasteiger partial charge in [0.2, 0.25) is 0 Å². The van der Waals surface area contributed by atoms with Crippen molar-refractivity contribution in [3.8, 4) is 5.75 Å². The minimum atomic E-state index is -0.458. The second-order valence-electron chi connectivity index (χ2n) is 4.92. The van der Waals surface area contributed by atoms with Gasteiger partial charge < -0.3 is 10.1 Å². The van der Waals surface area contributed by atoms with E-state index < -0.39 is 4.92 Å². The molecule has 0 saturated carbocycles. The summed E-state index contributed by atoms with van der Waals surface area (Å²) in [6, 6.07) is 5.10. The lowest BCUT2D eigenvalue weighted by Gasteiger charge is -2.07. The summed E-state index contributed by atoms with van der Waals surface area (Å²) in [5.41, 5.74) is 1.63. The molecule has 2 aromatic rings. The minimum Gasteiger partial charge on any atom is -0.490 e. The number of anilines is 1. The first-order valence-electron chi connectivity index (χ1n) is 6.60. The lowest BCUT2D eigenvalue weighted by Crippen LogP contribution is -2.02. The summed E-state index contributed by atoms with van der Waals surface area (Å²) in [6.45, 7) is 4.66. The normalized spacial score (nSPS) is 10.7. The Bertz CT molecular complexity index is 637. The molecule has 21 heavy (non-hydrogen) atoms. The Kier molecular flexibility index (Phi) is 4.42. The van der Waals surface area contributed by atoms with Crippen molar-refractivity contribution >= 4 is 11.4 Å². The molecular formula is C14H18N4O3. The Morgan fingerprint density at radius 1 is 1.48 bits per heavy atom. The van der Waals surface area contributed by atoms with E-state index in [0.717, 1.165) is 5.56 Å². The fourth-order valence-corrected chi connectivity index (χ4v) is 1.90. The van der Waals surface area contributed by atoms with Gasteiger partial charge >= 0.3 is 5.69 Å². The van der Waals surface area contributed by atoms with Crippen molar-refractivity contribution in [3.05, 3.63) is 46.3 Å². The fraction of sp³-hybridized carbons (Fsp3) is 0.357. The van der Waals surface area contributed by atoms with Gasteiger partial charge in [0.25, 0.3) is 0 Å². The summed E-state index contributed by atoms with van der Waals surface area (Å²) in [5, 5.41) is 18.4. The van der Waals surface area contributed by atoms with E-state index >= 15 is 0 Å². The predicted octanol–water partition coefficient (Wildman–Crippen LogP) is 2.99. The zero-order valence-electron chi connectivity index (χ0n) is 12.2. The van der Waals surface area contributed by atoms with Crippen molar-refractivity contribution in [2.75, 3.05) is 12.4 Å². The number of hydrogen-bond donors (Lipinski definition) is 1. The molecule has 0 aliphatic heterocycles. The van der Waals surface area contributed by atoms with Crippen LogP contribution in [0.4, 0.5) is 11.4 Å². The molecule has 0 aliphatic carbocycles. The number of benzene rings is 1. The van der Waals surface area contributed by atoms with E-state index in [9.17, 15) is 10.1 Å². The van der Waals surface area contributed by atoms with Crippen molar-refractivity contribution in [1.82, 2.24) is 9.78 Å². The van der Waals surface area contributed by atoms with Crippen molar-refractivity contribution in [2.24, 2.45) is 0 Å². The number of nitro benzene ring substituents is 1. The van der Waals surface area contributed by atoms with Crippen LogP contribution >= 0.6 is 0 Å². The summed E-state index contributed by atoms with van der Waals surface area (Å²) in [6.07, 6.45) is 3.74. The van der Waals surface area contributed by atoms with Crippen LogP contribution in [-0.4, -0.2) is 21.8 Å². The minimum absolute atomic E-state index is 0.0552. The van der Waals surface area contributed by atoms with Crippen LogP contribution in [0.3, 0.4) is 0 Å². The van der Waals surface area contributed by atoms with Crippen molar-refractivity contribution in [3.63, 3.8) is 0 Å². The Hall–Kier alpha value is -2.57. The Balaban J connectivity index is 2.09. The molecule has 0 aliphatic rings. The summed E-state index contributed by atoms with van der Waals surface area (Å²) >= 11 is 0. The van der Waals surface area contributed by atoms with E-state index in [4.69, 9.17) is 4.74 Å². The van der Waals surface area contributed by atoms with E-state index in [-0.39, 0.29) is 11.4 Å².